The molecule has 320 valence electrons. The molecular formula is C65H45N3. The Labute approximate surface area is 395 Å². The summed E-state index contributed by atoms with van der Waals surface area (Å²) in [5.41, 5.74) is 15.7. The average Bonchev–Trinajstić information content (AvgIpc) is 3.76. The van der Waals surface area contributed by atoms with Crippen LogP contribution in [0.15, 0.2) is 200 Å². The van der Waals surface area contributed by atoms with Gasteiger partial charge in [-0.25, -0.2) is 15.0 Å². The Bertz CT molecular complexity index is 4020. The van der Waals surface area contributed by atoms with Crippen molar-refractivity contribution in [3.8, 4) is 67.5 Å². The van der Waals surface area contributed by atoms with E-state index in [9.17, 15) is 0 Å². The van der Waals surface area contributed by atoms with Crippen LogP contribution in [0.3, 0.4) is 0 Å². The van der Waals surface area contributed by atoms with Gasteiger partial charge in [0.15, 0.2) is 17.5 Å². The number of fused-ring (bicyclic) bond motifs is 14. The van der Waals surface area contributed by atoms with Crippen LogP contribution >= 0.6 is 0 Å². The molecule has 11 aromatic carbocycles. The van der Waals surface area contributed by atoms with Crippen LogP contribution in [0.5, 0.6) is 0 Å². The average molecular weight is 868 g/mol. The van der Waals surface area contributed by atoms with Crippen molar-refractivity contribution in [2.24, 2.45) is 0 Å². The Morgan fingerprint density at radius 2 is 0.647 bits per heavy atom. The van der Waals surface area contributed by atoms with Gasteiger partial charge in [0, 0.05) is 27.5 Å². The predicted molar refractivity (Wildman–Crippen MR) is 284 cm³/mol. The second kappa shape index (κ2) is 14.1. The lowest BCUT2D eigenvalue weighted by Crippen LogP contribution is -2.16. The van der Waals surface area contributed by atoms with Crippen molar-refractivity contribution in [2.75, 3.05) is 0 Å². The summed E-state index contributed by atoms with van der Waals surface area (Å²) in [6, 6.07) is 73.4. The van der Waals surface area contributed by atoms with Gasteiger partial charge in [-0.1, -0.05) is 198 Å². The lowest BCUT2D eigenvalue weighted by Gasteiger charge is -2.24. The molecule has 0 aliphatic heterocycles. The molecule has 0 bridgehead atoms. The zero-order chi connectivity index (χ0) is 45.5. The molecule has 12 aromatic rings. The van der Waals surface area contributed by atoms with E-state index in [4.69, 9.17) is 15.0 Å². The number of aromatic nitrogens is 3. The molecule has 0 radical (unpaired) electrons. The molecule has 0 spiro atoms. The normalized spacial score (nSPS) is 14.1. The summed E-state index contributed by atoms with van der Waals surface area (Å²) < 4.78 is 0. The van der Waals surface area contributed by atoms with Crippen LogP contribution in [0.2, 0.25) is 0 Å². The standard InChI is InChI=1S/C65H45N3/c1-64(2)57-35-39(40-27-30-53-54-32-25-38-15-5-10-20-46(38)60(54)65(3,4)59(53)36-40)26-29-51(57)52-31-28-43(37-58(52)64)61-66-62(55-33-41-16-6-8-18-44(41)47-21-11-13-23-49(47)55)68-63(67-61)56-34-42-17-7-9-19-45(42)48-22-12-14-24-50(48)56/h5-37H,1-4H3. The molecule has 0 saturated carbocycles. The zero-order valence-corrected chi connectivity index (χ0v) is 38.4. The highest BCUT2D eigenvalue weighted by atomic mass is 15.0. The highest BCUT2D eigenvalue weighted by molar-refractivity contribution is 6.15. The van der Waals surface area contributed by atoms with Crippen LogP contribution in [0.4, 0.5) is 0 Å². The maximum atomic E-state index is 5.42. The third-order valence-corrected chi connectivity index (χ3v) is 15.5. The minimum atomic E-state index is -0.274. The highest BCUT2D eigenvalue weighted by Crippen LogP contribution is 2.54. The molecule has 2 aliphatic rings. The van der Waals surface area contributed by atoms with E-state index in [1.165, 1.54) is 88.0 Å². The van der Waals surface area contributed by atoms with E-state index in [0.29, 0.717) is 17.5 Å². The van der Waals surface area contributed by atoms with E-state index < -0.39 is 0 Å². The van der Waals surface area contributed by atoms with Crippen molar-refractivity contribution >= 4 is 53.9 Å². The van der Waals surface area contributed by atoms with Crippen molar-refractivity contribution in [3.63, 3.8) is 0 Å². The van der Waals surface area contributed by atoms with Crippen molar-refractivity contribution < 1.29 is 0 Å². The molecule has 1 heterocycles. The minimum absolute atomic E-state index is 0.123. The van der Waals surface area contributed by atoms with Crippen LogP contribution in [0.25, 0.3) is 121 Å². The maximum absolute atomic E-state index is 5.42. The summed E-state index contributed by atoms with van der Waals surface area (Å²) in [5, 5.41) is 12.0. The van der Waals surface area contributed by atoms with Gasteiger partial charge in [-0.3, -0.25) is 0 Å². The summed E-state index contributed by atoms with van der Waals surface area (Å²) in [5.74, 6) is 1.97. The summed E-state index contributed by atoms with van der Waals surface area (Å²) in [6.07, 6.45) is 0. The minimum Gasteiger partial charge on any atom is -0.208 e. The zero-order valence-electron chi connectivity index (χ0n) is 38.4. The fourth-order valence-corrected chi connectivity index (χ4v) is 12.1. The molecule has 14 rings (SSSR count). The van der Waals surface area contributed by atoms with E-state index >= 15 is 0 Å². The SMILES string of the molecule is CC1(C)c2cc(-c3ccc4c(c3)C(C)(C)c3c-4ccc4ccccc34)ccc2-c2ccc(-c3nc(-c4cc5ccccc5c5ccccc45)nc(-c4cc5ccccc5c5ccccc45)n3)cc21. The van der Waals surface area contributed by atoms with Gasteiger partial charge in [0.25, 0.3) is 0 Å². The Morgan fingerprint density at radius 1 is 0.265 bits per heavy atom. The Balaban J connectivity index is 0.911. The van der Waals surface area contributed by atoms with Crippen LogP contribution < -0.4 is 0 Å². The Hall–Kier alpha value is -8.27. The lowest BCUT2D eigenvalue weighted by molar-refractivity contribution is 0.660. The van der Waals surface area contributed by atoms with Gasteiger partial charge >= 0.3 is 0 Å². The summed E-state index contributed by atoms with van der Waals surface area (Å²) >= 11 is 0. The summed E-state index contributed by atoms with van der Waals surface area (Å²) in [4.78, 5) is 16.3. The second-order valence-corrected chi connectivity index (χ2v) is 19.9. The molecule has 1 aromatic heterocycles. The van der Waals surface area contributed by atoms with Gasteiger partial charge in [-0.2, -0.15) is 0 Å². The maximum Gasteiger partial charge on any atom is 0.164 e. The first kappa shape index (κ1) is 38.9. The van der Waals surface area contributed by atoms with Gasteiger partial charge in [-0.15, -0.1) is 0 Å². The Kier molecular flexibility index (Phi) is 8.09. The number of hydrogen-bond donors (Lipinski definition) is 0. The molecule has 0 N–H and O–H groups in total. The number of benzene rings is 11. The first-order valence-electron chi connectivity index (χ1n) is 23.8. The van der Waals surface area contributed by atoms with Crippen LogP contribution in [-0.4, -0.2) is 15.0 Å². The lowest BCUT2D eigenvalue weighted by atomic mass is 9.79. The van der Waals surface area contributed by atoms with Gasteiger partial charge in [-0.05, 0) is 140 Å². The molecule has 0 fully saturated rings. The molecule has 2 aliphatic carbocycles. The number of nitrogens with zero attached hydrogens (tertiary/aromatic N) is 3. The third-order valence-electron chi connectivity index (χ3n) is 15.5. The first-order chi connectivity index (χ1) is 33.2. The van der Waals surface area contributed by atoms with E-state index in [1.54, 1.807) is 0 Å². The van der Waals surface area contributed by atoms with Crippen molar-refractivity contribution in [3.05, 3.63) is 222 Å². The van der Waals surface area contributed by atoms with Gasteiger partial charge in [0.05, 0.1) is 0 Å². The predicted octanol–water partition coefficient (Wildman–Crippen LogP) is 16.9. The molecule has 68 heavy (non-hydrogen) atoms. The van der Waals surface area contributed by atoms with Crippen molar-refractivity contribution in [1.82, 2.24) is 15.0 Å². The molecule has 3 heteroatoms. The monoisotopic (exact) mass is 867 g/mol. The van der Waals surface area contributed by atoms with E-state index in [1.807, 2.05) is 0 Å². The molecule has 0 atom stereocenters. The van der Waals surface area contributed by atoms with Crippen LogP contribution in [0, 0.1) is 0 Å². The van der Waals surface area contributed by atoms with Crippen molar-refractivity contribution in [1.29, 1.82) is 0 Å². The molecule has 0 amide bonds. The topological polar surface area (TPSA) is 38.7 Å². The molecule has 3 nitrogen and oxygen atoms in total. The summed E-state index contributed by atoms with van der Waals surface area (Å²) in [6.45, 7) is 9.51. The fourth-order valence-electron chi connectivity index (χ4n) is 12.1. The molecule has 0 saturated heterocycles. The van der Waals surface area contributed by atoms with Gasteiger partial charge in [0.1, 0.15) is 0 Å². The molecular weight excluding hydrogens is 823 g/mol. The number of rotatable bonds is 4. The third kappa shape index (κ3) is 5.56. The quantitative estimate of drug-likeness (QED) is 0.165. The van der Waals surface area contributed by atoms with Crippen molar-refractivity contribution in [2.45, 2.75) is 38.5 Å². The van der Waals surface area contributed by atoms with Crippen LogP contribution in [-0.2, 0) is 10.8 Å². The van der Waals surface area contributed by atoms with E-state index in [-0.39, 0.29) is 10.8 Å². The number of hydrogen-bond acceptors (Lipinski definition) is 3. The van der Waals surface area contributed by atoms with E-state index in [2.05, 4.69) is 228 Å². The Morgan fingerprint density at radius 3 is 1.19 bits per heavy atom. The summed E-state index contributed by atoms with van der Waals surface area (Å²) in [7, 11) is 0. The first-order valence-corrected chi connectivity index (χ1v) is 23.8. The van der Waals surface area contributed by atoms with Gasteiger partial charge in [0.2, 0.25) is 0 Å². The van der Waals surface area contributed by atoms with Crippen LogP contribution in [0.1, 0.15) is 49.9 Å². The molecule has 0 unspecified atom stereocenters. The fraction of sp³-hybridized carbons (Fsp3) is 0.0923. The van der Waals surface area contributed by atoms with Gasteiger partial charge < -0.3 is 0 Å². The highest BCUT2D eigenvalue weighted by Gasteiger charge is 2.39. The second-order valence-electron chi connectivity index (χ2n) is 19.9. The van der Waals surface area contributed by atoms with E-state index in [0.717, 1.165) is 38.2 Å². The largest absolute Gasteiger partial charge is 0.208 e. The smallest absolute Gasteiger partial charge is 0.164 e.